The summed E-state index contributed by atoms with van der Waals surface area (Å²) in [7, 11) is 1.71. The molecule has 0 spiro atoms. The third kappa shape index (κ3) is 1.73. The first-order chi connectivity index (χ1) is 6.66. The number of hydrogen-bond acceptors (Lipinski definition) is 5. The van der Waals surface area contributed by atoms with E-state index in [1.165, 1.54) is 16.0 Å². The van der Waals surface area contributed by atoms with Gasteiger partial charge in [-0.05, 0) is 15.9 Å². The fourth-order valence-electron chi connectivity index (χ4n) is 0.919. The van der Waals surface area contributed by atoms with Crippen LogP contribution in [0.1, 0.15) is 15.5 Å². The summed E-state index contributed by atoms with van der Waals surface area (Å²) in [5, 5.41) is 9.56. The van der Waals surface area contributed by atoms with Gasteiger partial charge < -0.3 is 0 Å². The lowest BCUT2D eigenvalue weighted by Crippen LogP contribution is -2.00. The molecule has 0 saturated heterocycles. The first kappa shape index (κ1) is 9.47. The van der Waals surface area contributed by atoms with Crippen molar-refractivity contribution >= 4 is 33.0 Å². The molecular formula is C7H5BrN4OS. The fourth-order valence-corrected chi connectivity index (χ4v) is 2.12. The van der Waals surface area contributed by atoms with Crippen molar-refractivity contribution in [2.24, 2.45) is 7.05 Å². The Balaban J connectivity index is 2.33. The van der Waals surface area contributed by atoms with Crippen LogP contribution in [-0.4, -0.2) is 25.8 Å². The standard InChI is InChI=1S/C7H5BrN4OS/c1-12-2-4(10-11-12)6(13)7-9-5(8)3-14-7/h2-3H,1H3. The van der Waals surface area contributed by atoms with Gasteiger partial charge in [0, 0.05) is 12.4 Å². The number of halogens is 1. The quantitative estimate of drug-likeness (QED) is 0.773. The van der Waals surface area contributed by atoms with E-state index in [0.717, 1.165) is 0 Å². The van der Waals surface area contributed by atoms with Crippen LogP contribution in [0.4, 0.5) is 0 Å². The maximum atomic E-state index is 11.7. The van der Waals surface area contributed by atoms with Crippen molar-refractivity contribution in [3.05, 3.63) is 26.9 Å². The average molecular weight is 273 g/mol. The zero-order valence-electron chi connectivity index (χ0n) is 7.14. The molecule has 2 rings (SSSR count). The van der Waals surface area contributed by atoms with Crippen molar-refractivity contribution in [1.82, 2.24) is 20.0 Å². The highest BCUT2D eigenvalue weighted by atomic mass is 79.9. The van der Waals surface area contributed by atoms with Gasteiger partial charge in [0.05, 0.1) is 6.20 Å². The molecule has 2 aromatic rings. The number of carbonyl (C=O) groups is 1. The van der Waals surface area contributed by atoms with E-state index in [-0.39, 0.29) is 5.78 Å². The van der Waals surface area contributed by atoms with Gasteiger partial charge in [0.1, 0.15) is 4.60 Å². The van der Waals surface area contributed by atoms with Crippen molar-refractivity contribution in [3.63, 3.8) is 0 Å². The Morgan fingerprint density at radius 3 is 2.93 bits per heavy atom. The van der Waals surface area contributed by atoms with Gasteiger partial charge in [-0.1, -0.05) is 5.21 Å². The predicted molar refractivity (Wildman–Crippen MR) is 54.2 cm³/mol. The van der Waals surface area contributed by atoms with Crippen LogP contribution in [0.15, 0.2) is 16.2 Å². The minimum atomic E-state index is -0.200. The Labute approximate surface area is 91.9 Å². The monoisotopic (exact) mass is 272 g/mol. The number of rotatable bonds is 2. The number of hydrogen-bond donors (Lipinski definition) is 0. The summed E-state index contributed by atoms with van der Waals surface area (Å²) in [6.07, 6.45) is 1.57. The molecule has 0 bridgehead atoms. The number of aryl methyl sites for hydroxylation is 1. The number of aromatic nitrogens is 4. The molecule has 0 aliphatic heterocycles. The zero-order valence-corrected chi connectivity index (χ0v) is 9.54. The summed E-state index contributed by atoms with van der Waals surface area (Å²) < 4.78 is 2.14. The first-order valence-electron chi connectivity index (χ1n) is 3.69. The Hall–Kier alpha value is -1.08. The second kappa shape index (κ2) is 3.58. The number of thiazole rings is 1. The summed E-state index contributed by atoms with van der Waals surface area (Å²) >= 11 is 4.46. The molecule has 0 aliphatic carbocycles. The van der Waals surface area contributed by atoms with E-state index in [1.807, 2.05) is 0 Å². The van der Waals surface area contributed by atoms with Crippen LogP contribution < -0.4 is 0 Å². The van der Waals surface area contributed by atoms with Crippen LogP contribution >= 0.6 is 27.3 Å². The van der Waals surface area contributed by atoms with Gasteiger partial charge in [-0.25, -0.2) is 4.98 Å². The predicted octanol–water partition coefficient (Wildman–Crippen LogP) is 1.27. The molecule has 72 valence electrons. The molecule has 0 aromatic carbocycles. The summed E-state index contributed by atoms with van der Waals surface area (Å²) in [6.45, 7) is 0. The van der Waals surface area contributed by atoms with E-state index in [1.54, 1.807) is 18.6 Å². The Morgan fingerprint density at radius 2 is 2.43 bits per heavy atom. The lowest BCUT2D eigenvalue weighted by atomic mass is 10.3. The maximum Gasteiger partial charge on any atom is 0.243 e. The Kier molecular flexibility index (Phi) is 2.42. The van der Waals surface area contributed by atoms with E-state index in [4.69, 9.17) is 0 Å². The van der Waals surface area contributed by atoms with Gasteiger partial charge >= 0.3 is 0 Å². The molecule has 0 fully saturated rings. The zero-order chi connectivity index (χ0) is 10.1. The van der Waals surface area contributed by atoms with Gasteiger partial charge in [0.15, 0.2) is 10.7 Å². The van der Waals surface area contributed by atoms with Crippen molar-refractivity contribution < 1.29 is 4.79 Å². The van der Waals surface area contributed by atoms with Crippen molar-refractivity contribution in [2.75, 3.05) is 0 Å². The summed E-state index contributed by atoms with van der Waals surface area (Å²) in [5.41, 5.74) is 0.314. The highest BCUT2D eigenvalue weighted by Crippen LogP contribution is 2.17. The topological polar surface area (TPSA) is 60.7 Å². The third-order valence-corrected chi connectivity index (χ3v) is 3.06. The number of ketones is 1. The molecule has 7 heteroatoms. The Morgan fingerprint density at radius 1 is 1.64 bits per heavy atom. The Bertz CT molecular complexity index is 435. The largest absolute Gasteiger partial charge is 0.284 e. The lowest BCUT2D eigenvalue weighted by Gasteiger charge is -1.87. The smallest absolute Gasteiger partial charge is 0.243 e. The van der Waals surface area contributed by atoms with Gasteiger partial charge in [-0.3, -0.25) is 9.48 Å². The van der Waals surface area contributed by atoms with E-state index in [0.29, 0.717) is 15.3 Å². The molecule has 0 aliphatic rings. The lowest BCUT2D eigenvalue weighted by molar-refractivity contribution is 0.103. The van der Waals surface area contributed by atoms with E-state index < -0.39 is 0 Å². The van der Waals surface area contributed by atoms with Gasteiger partial charge in [0.2, 0.25) is 5.78 Å². The number of nitrogens with zero attached hydrogens (tertiary/aromatic N) is 4. The molecule has 5 nitrogen and oxygen atoms in total. The van der Waals surface area contributed by atoms with E-state index in [9.17, 15) is 4.79 Å². The minimum absolute atomic E-state index is 0.200. The van der Waals surface area contributed by atoms with Crippen LogP contribution in [0.2, 0.25) is 0 Å². The average Bonchev–Trinajstić information content (AvgIpc) is 2.73. The second-order valence-electron chi connectivity index (χ2n) is 2.58. The van der Waals surface area contributed by atoms with Crippen molar-refractivity contribution in [3.8, 4) is 0 Å². The van der Waals surface area contributed by atoms with Crippen LogP contribution in [0, 0.1) is 0 Å². The molecular weight excluding hydrogens is 268 g/mol. The summed E-state index contributed by atoms with van der Waals surface area (Å²) in [5.74, 6) is -0.200. The molecule has 14 heavy (non-hydrogen) atoms. The first-order valence-corrected chi connectivity index (χ1v) is 5.36. The minimum Gasteiger partial charge on any atom is -0.284 e. The fraction of sp³-hybridized carbons (Fsp3) is 0.143. The summed E-state index contributed by atoms with van der Waals surface area (Å²) in [4.78, 5) is 15.7. The van der Waals surface area contributed by atoms with Crippen LogP contribution in [0.3, 0.4) is 0 Å². The SMILES string of the molecule is Cn1cc(C(=O)c2nc(Br)cs2)nn1. The molecule has 0 radical (unpaired) electrons. The molecule has 0 amide bonds. The van der Waals surface area contributed by atoms with E-state index >= 15 is 0 Å². The maximum absolute atomic E-state index is 11.7. The van der Waals surface area contributed by atoms with Gasteiger partial charge in [-0.2, -0.15) is 0 Å². The molecule has 0 N–H and O–H groups in total. The van der Waals surface area contributed by atoms with Gasteiger partial charge in [0.25, 0.3) is 0 Å². The van der Waals surface area contributed by atoms with E-state index in [2.05, 4.69) is 31.2 Å². The highest BCUT2D eigenvalue weighted by Gasteiger charge is 2.15. The molecule has 2 aromatic heterocycles. The molecule has 2 heterocycles. The number of carbonyl (C=O) groups excluding carboxylic acids is 1. The molecule has 0 unspecified atom stereocenters. The van der Waals surface area contributed by atoms with Crippen molar-refractivity contribution in [1.29, 1.82) is 0 Å². The highest BCUT2D eigenvalue weighted by molar-refractivity contribution is 9.10. The van der Waals surface area contributed by atoms with Gasteiger partial charge in [-0.15, -0.1) is 16.4 Å². The molecule has 0 saturated carbocycles. The van der Waals surface area contributed by atoms with Crippen LogP contribution in [0.25, 0.3) is 0 Å². The molecule has 0 atom stereocenters. The van der Waals surface area contributed by atoms with Crippen LogP contribution in [0.5, 0.6) is 0 Å². The van der Waals surface area contributed by atoms with Crippen molar-refractivity contribution in [2.45, 2.75) is 0 Å². The second-order valence-corrected chi connectivity index (χ2v) is 4.25. The third-order valence-electron chi connectivity index (χ3n) is 1.51. The normalized spacial score (nSPS) is 10.4. The van der Waals surface area contributed by atoms with Crippen LogP contribution in [-0.2, 0) is 7.05 Å². The summed E-state index contributed by atoms with van der Waals surface area (Å²) in [6, 6.07) is 0.